The Morgan fingerprint density at radius 3 is 2.26 bits per heavy atom. The summed E-state index contributed by atoms with van der Waals surface area (Å²) in [5.41, 5.74) is 5.67. The van der Waals surface area contributed by atoms with Crippen molar-refractivity contribution in [1.82, 2.24) is 25.5 Å². The van der Waals surface area contributed by atoms with Gasteiger partial charge in [-0.2, -0.15) is 4.80 Å². The van der Waals surface area contributed by atoms with Gasteiger partial charge in [-0.3, -0.25) is 4.79 Å². The van der Waals surface area contributed by atoms with Gasteiger partial charge in [0.1, 0.15) is 12.3 Å². The average molecular weight is 452 g/mol. The largest absolute Gasteiger partial charge is 0.485 e. The van der Waals surface area contributed by atoms with Crippen LogP contribution in [-0.4, -0.2) is 32.7 Å². The van der Waals surface area contributed by atoms with E-state index in [4.69, 9.17) is 4.74 Å². The summed E-state index contributed by atoms with van der Waals surface area (Å²) >= 11 is 0. The summed E-state index contributed by atoms with van der Waals surface area (Å²) in [4.78, 5) is 14.0. The molecule has 0 aliphatic heterocycles. The van der Waals surface area contributed by atoms with E-state index in [1.165, 1.54) is 27.1 Å². The van der Waals surface area contributed by atoms with E-state index in [2.05, 4.69) is 69.3 Å². The van der Waals surface area contributed by atoms with Gasteiger partial charge in [0.25, 0.3) is 0 Å². The van der Waals surface area contributed by atoms with Crippen LogP contribution in [0.15, 0.2) is 78.9 Å². The molecule has 34 heavy (non-hydrogen) atoms. The molecule has 2 bridgehead atoms. The first-order valence-electron chi connectivity index (χ1n) is 11.6. The van der Waals surface area contributed by atoms with E-state index in [1.807, 2.05) is 30.3 Å². The van der Waals surface area contributed by atoms with E-state index in [1.54, 1.807) is 0 Å². The molecule has 0 radical (unpaired) electrons. The van der Waals surface area contributed by atoms with Gasteiger partial charge < -0.3 is 10.1 Å². The lowest BCUT2D eigenvalue weighted by Crippen LogP contribution is -2.40. The fourth-order valence-corrected chi connectivity index (χ4v) is 5.45. The fraction of sp³-hybridized carbons (Fsp3) is 0.259. The molecule has 3 aliphatic carbocycles. The molecule has 1 N–H and O–H groups in total. The van der Waals surface area contributed by atoms with Crippen LogP contribution in [-0.2, 0) is 17.9 Å². The molecule has 1 unspecified atom stereocenters. The number of aromatic nitrogens is 4. The molecule has 4 aromatic rings. The monoisotopic (exact) mass is 451 g/mol. The number of nitrogens with one attached hydrogen (secondary N) is 1. The van der Waals surface area contributed by atoms with Crippen molar-refractivity contribution in [2.45, 2.75) is 31.4 Å². The van der Waals surface area contributed by atoms with E-state index in [9.17, 15) is 4.79 Å². The second kappa shape index (κ2) is 8.74. The lowest BCUT2D eigenvalue weighted by Gasteiger charge is -2.45. The van der Waals surface area contributed by atoms with Gasteiger partial charge >= 0.3 is 0 Å². The second-order valence-corrected chi connectivity index (χ2v) is 8.93. The Labute approximate surface area is 197 Å². The number of rotatable bonds is 7. The molecule has 0 fully saturated rings. The Morgan fingerprint density at radius 1 is 0.912 bits per heavy atom. The molecule has 3 aliphatic rings. The minimum atomic E-state index is -0.115. The maximum atomic E-state index is 12.7. The maximum Gasteiger partial charge on any atom is 0.243 e. The third-order valence-electron chi connectivity index (χ3n) is 6.87. The lowest BCUT2D eigenvalue weighted by molar-refractivity contribution is -0.122. The summed E-state index contributed by atoms with van der Waals surface area (Å²) in [5, 5.41) is 15.4. The molecule has 170 valence electrons. The molecular formula is C27H25N5O2. The highest BCUT2D eigenvalue weighted by molar-refractivity contribution is 5.75. The first-order valence-corrected chi connectivity index (χ1v) is 11.6. The summed E-state index contributed by atoms with van der Waals surface area (Å²) in [6.07, 6.45) is 1.04. The fourth-order valence-electron chi connectivity index (χ4n) is 5.45. The SMILES string of the molecule is O=C(Cn1nnc(COc2ccccc2)n1)NCC1CC2c3ccccc3C1c1ccccc12. The van der Waals surface area contributed by atoms with Gasteiger partial charge in [-0.05, 0) is 51.9 Å². The van der Waals surface area contributed by atoms with Crippen LogP contribution < -0.4 is 10.1 Å². The summed E-state index contributed by atoms with van der Waals surface area (Å²) in [5.74, 6) is 2.12. The maximum absolute atomic E-state index is 12.7. The summed E-state index contributed by atoms with van der Waals surface area (Å²) in [6, 6.07) is 27.0. The topological polar surface area (TPSA) is 81.9 Å². The molecule has 1 amide bonds. The van der Waals surface area contributed by atoms with Crippen LogP contribution in [0.1, 0.15) is 46.3 Å². The van der Waals surface area contributed by atoms with Crippen LogP contribution in [0.2, 0.25) is 0 Å². The number of carbonyl (C=O) groups excluding carboxylic acids is 1. The minimum absolute atomic E-state index is 0.0341. The van der Waals surface area contributed by atoms with Gasteiger partial charge in [0.15, 0.2) is 6.61 Å². The first kappa shape index (κ1) is 20.6. The molecule has 0 saturated heterocycles. The number of benzene rings is 3. The van der Waals surface area contributed by atoms with E-state index in [-0.39, 0.29) is 19.1 Å². The molecule has 1 aromatic heterocycles. The van der Waals surface area contributed by atoms with Crippen molar-refractivity contribution in [3.8, 4) is 5.75 Å². The summed E-state index contributed by atoms with van der Waals surface area (Å²) < 4.78 is 5.64. The zero-order valence-corrected chi connectivity index (χ0v) is 18.7. The van der Waals surface area contributed by atoms with Gasteiger partial charge in [-0.1, -0.05) is 66.7 Å². The molecule has 1 atom stereocenters. The third-order valence-corrected chi connectivity index (χ3v) is 6.87. The molecule has 7 rings (SSSR count). The molecule has 7 nitrogen and oxygen atoms in total. The Kier molecular flexibility index (Phi) is 5.30. The number of ether oxygens (including phenoxy) is 1. The number of hydrogen-bond donors (Lipinski definition) is 1. The Morgan fingerprint density at radius 2 is 1.56 bits per heavy atom. The molecule has 0 spiro atoms. The summed E-state index contributed by atoms with van der Waals surface area (Å²) in [7, 11) is 0. The van der Waals surface area contributed by atoms with Gasteiger partial charge in [0, 0.05) is 18.4 Å². The second-order valence-electron chi connectivity index (χ2n) is 8.93. The van der Waals surface area contributed by atoms with E-state index >= 15 is 0 Å². The number of tetrazole rings is 1. The van der Waals surface area contributed by atoms with Crippen LogP contribution in [0, 0.1) is 5.92 Å². The van der Waals surface area contributed by atoms with Gasteiger partial charge in [0.2, 0.25) is 11.7 Å². The molecule has 1 heterocycles. The van der Waals surface area contributed by atoms with Crippen molar-refractivity contribution in [3.05, 3.63) is 107 Å². The highest BCUT2D eigenvalue weighted by Gasteiger charge is 2.42. The van der Waals surface area contributed by atoms with Crippen LogP contribution in [0.3, 0.4) is 0 Å². The molecule has 0 saturated carbocycles. The summed E-state index contributed by atoms with van der Waals surface area (Å²) in [6.45, 7) is 0.864. The van der Waals surface area contributed by atoms with Crippen LogP contribution in [0.4, 0.5) is 0 Å². The number of nitrogens with zero attached hydrogens (tertiary/aromatic N) is 4. The van der Waals surface area contributed by atoms with Crippen molar-refractivity contribution in [3.63, 3.8) is 0 Å². The smallest absolute Gasteiger partial charge is 0.243 e. The Balaban J connectivity index is 1.09. The minimum Gasteiger partial charge on any atom is -0.485 e. The number of para-hydroxylation sites is 1. The zero-order chi connectivity index (χ0) is 22.9. The number of fused-ring (bicyclic) bond motifs is 1. The average Bonchev–Trinajstić information content (AvgIpc) is 3.34. The van der Waals surface area contributed by atoms with Crippen LogP contribution >= 0.6 is 0 Å². The number of amides is 1. The van der Waals surface area contributed by atoms with E-state index < -0.39 is 0 Å². The Bertz CT molecular complexity index is 1270. The quantitative estimate of drug-likeness (QED) is 0.464. The molecular weight excluding hydrogens is 426 g/mol. The van der Waals surface area contributed by atoms with Gasteiger partial charge in [-0.25, -0.2) is 0 Å². The van der Waals surface area contributed by atoms with Crippen molar-refractivity contribution in [2.75, 3.05) is 6.54 Å². The van der Waals surface area contributed by atoms with Crippen molar-refractivity contribution in [2.24, 2.45) is 5.92 Å². The predicted molar refractivity (Wildman–Crippen MR) is 126 cm³/mol. The van der Waals surface area contributed by atoms with Crippen molar-refractivity contribution in [1.29, 1.82) is 0 Å². The highest BCUT2D eigenvalue weighted by atomic mass is 16.5. The zero-order valence-electron chi connectivity index (χ0n) is 18.7. The predicted octanol–water partition coefficient (Wildman–Crippen LogP) is 3.67. The Hall–Kier alpha value is -4.00. The number of hydrogen-bond acceptors (Lipinski definition) is 5. The standard InChI is InChI=1S/C27H25N5O2/c33-26(16-32-30-25(29-31-32)17-34-19-8-2-1-3-9-19)28-15-18-14-24-20-10-4-6-12-22(20)27(18)23-13-7-5-11-21(23)24/h1-13,18,24,27H,14-17H2,(H,28,33). The third kappa shape index (κ3) is 3.83. The van der Waals surface area contributed by atoms with E-state index in [0.29, 0.717) is 30.1 Å². The van der Waals surface area contributed by atoms with Crippen LogP contribution in [0.5, 0.6) is 5.75 Å². The first-order chi connectivity index (χ1) is 16.8. The van der Waals surface area contributed by atoms with Gasteiger partial charge in [0.05, 0.1) is 0 Å². The molecule has 7 heteroatoms. The number of carbonyl (C=O) groups is 1. The highest BCUT2D eigenvalue weighted by Crippen LogP contribution is 2.55. The van der Waals surface area contributed by atoms with Crippen LogP contribution in [0.25, 0.3) is 0 Å². The van der Waals surface area contributed by atoms with E-state index in [0.717, 1.165) is 12.2 Å². The lowest BCUT2D eigenvalue weighted by atomic mass is 9.59. The van der Waals surface area contributed by atoms with Crippen molar-refractivity contribution < 1.29 is 9.53 Å². The van der Waals surface area contributed by atoms with Gasteiger partial charge in [-0.15, -0.1) is 10.2 Å². The molecule has 3 aromatic carbocycles. The van der Waals surface area contributed by atoms with Crippen molar-refractivity contribution >= 4 is 5.91 Å². The normalized spacial score (nSPS) is 19.8.